The molecular weight excluding hydrogens is 436 g/mol. The second kappa shape index (κ2) is 7.93. The average Bonchev–Trinajstić information content (AvgIpc) is 3.09. The summed E-state index contributed by atoms with van der Waals surface area (Å²) in [5.41, 5.74) is 1.95. The predicted molar refractivity (Wildman–Crippen MR) is 138 cm³/mol. The number of aliphatic hydroxyl groups is 2. The van der Waals surface area contributed by atoms with Gasteiger partial charge in [-0.25, -0.2) is 0 Å². The molecule has 5 aliphatic rings. The van der Waals surface area contributed by atoms with Crippen LogP contribution in [0.4, 0.5) is 0 Å². The smallest absolute Gasteiger partial charge is 0.302 e. The third kappa shape index (κ3) is 3.20. The summed E-state index contributed by atoms with van der Waals surface area (Å²) in [6, 6.07) is 0. The Labute approximate surface area is 212 Å². The lowest BCUT2D eigenvalue weighted by atomic mass is 9.32. The van der Waals surface area contributed by atoms with E-state index in [1.807, 2.05) is 0 Å². The molecule has 196 valence electrons. The van der Waals surface area contributed by atoms with E-state index < -0.39 is 6.10 Å². The van der Waals surface area contributed by atoms with E-state index >= 15 is 0 Å². The zero-order valence-corrected chi connectivity index (χ0v) is 22.9. The van der Waals surface area contributed by atoms with Crippen LogP contribution in [0.2, 0.25) is 0 Å². The maximum absolute atomic E-state index is 12.3. The van der Waals surface area contributed by atoms with Gasteiger partial charge in [-0.2, -0.15) is 0 Å². The van der Waals surface area contributed by atoms with Gasteiger partial charge in [0.25, 0.3) is 0 Å². The molecule has 0 heterocycles. The van der Waals surface area contributed by atoms with E-state index in [-0.39, 0.29) is 51.7 Å². The maximum atomic E-state index is 12.3. The number of hydrogen-bond acceptors (Lipinski definition) is 4. The first kappa shape index (κ1) is 25.5. The highest BCUT2D eigenvalue weighted by atomic mass is 16.5. The van der Waals surface area contributed by atoms with Gasteiger partial charge in [0, 0.05) is 12.8 Å². The molecular formula is C31H48O4. The molecule has 0 unspecified atom stereocenters. The molecule has 4 heteroatoms. The third-order valence-electron chi connectivity index (χ3n) is 12.9. The molecule has 5 rings (SSSR count). The number of fused-ring (bicyclic) bond motifs is 7. The Balaban J connectivity index is 1.61. The van der Waals surface area contributed by atoms with Crippen LogP contribution in [-0.2, 0) is 9.53 Å². The number of esters is 1. The minimum atomic E-state index is -0.542. The van der Waals surface area contributed by atoms with Crippen molar-refractivity contribution < 1.29 is 19.7 Å². The lowest BCUT2D eigenvalue weighted by molar-refractivity contribution is -0.276. The van der Waals surface area contributed by atoms with E-state index in [9.17, 15) is 15.0 Å². The largest absolute Gasteiger partial charge is 0.462 e. The average molecular weight is 485 g/mol. The quantitative estimate of drug-likeness (QED) is 0.369. The Morgan fingerprint density at radius 2 is 1.63 bits per heavy atom. The molecule has 0 radical (unpaired) electrons. The summed E-state index contributed by atoms with van der Waals surface area (Å²) in [6.07, 6.45) is 6.62. The number of carbonyl (C=O) groups is 1. The molecule has 0 bridgehead atoms. The zero-order valence-electron chi connectivity index (χ0n) is 22.9. The van der Waals surface area contributed by atoms with Gasteiger partial charge in [0.1, 0.15) is 6.10 Å². The van der Waals surface area contributed by atoms with Crippen LogP contribution in [-0.4, -0.2) is 34.5 Å². The molecule has 5 aliphatic carbocycles. The van der Waals surface area contributed by atoms with Gasteiger partial charge >= 0.3 is 5.97 Å². The molecule has 5 fully saturated rings. The number of carbonyl (C=O) groups excluding carboxylic acids is 1. The zero-order chi connectivity index (χ0) is 25.7. The minimum Gasteiger partial charge on any atom is -0.462 e. The molecule has 2 N–H and O–H groups in total. The second-order valence-electron chi connectivity index (χ2n) is 14.3. The van der Waals surface area contributed by atoms with Gasteiger partial charge in [0.15, 0.2) is 0 Å². The van der Waals surface area contributed by atoms with E-state index in [2.05, 4.69) is 47.8 Å². The van der Waals surface area contributed by atoms with Crippen molar-refractivity contribution in [1.82, 2.24) is 0 Å². The Bertz CT molecular complexity index is 940. The van der Waals surface area contributed by atoms with Crippen molar-refractivity contribution in [2.75, 3.05) is 0 Å². The number of allylic oxidation sites excluding steroid dienone is 1. The van der Waals surface area contributed by atoms with Crippen molar-refractivity contribution in [3.63, 3.8) is 0 Å². The van der Waals surface area contributed by atoms with Crippen molar-refractivity contribution in [2.45, 2.75) is 111 Å². The molecule has 35 heavy (non-hydrogen) atoms. The number of ether oxygens (including phenoxy) is 1. The molecule has 0 aromatic carbocycles. The van der Waals surface area contributed by atoms with Crippen molar-refractivity contribution in [3.8, 4) is 0 Å². The Morgan fingerprint density at radius 3 is 2.26 bits per heavy atom. The lowest BCUT2D eigenvalue weighted by Gasteiger charge is -2.73. The molecule has 0 amide bonds. The molecule has 12 atom stereocenters. The second-order valence-corrected chi connectivity index (χ2v) is 14.3. The fraction of sp³-hybridized carbons (Fsp3) is 0.839. The molecule has 0 aliphatic heterocycles. The standard InChI is InChI=1S/C31H48O4/c1-17(2)20-9-12-28(5)21(20)10-14-30(7)27(28)23(34)15-25-29(6)13-11-22(33)18(3)26(29)24(35-19(4)32)16-31(25,30)8/h20-27,33-34H,1,3,9-16H2,2,4-8H3/t20-,21-,22-,23+,24+,25+,26+,27+,28-,29+,30+,31+/m0/s1. The maximum Gasteiger partial charge on any atom is 0.302 e. The van der Waals surface area contributed by atoms with Crippen molar-refractivity contribution in [1.29, 1.82) is 0 Å². The summed E-state index contributed by atoms with van der Waals surface area (Å²) in [4.78, 5) is 12.3. The summed E-state index contributed by atoms with van der Waals surface area (Å²) in [7, 11) is 0. The van der Waals surface area contributed by atoms with Gasteiger partial charge in [-0.15, -0.1) is 0 Å². The molecule has 0 saturated heterocycles. The van der Waals surface area contributed by atoms with Crippen LogP contribution < -0.4 is 0 Å². The predicted octanol–water partition coefficient (Wildman–Crippen LogP) is 6.07. The van der Waals surface area contributed by atoms with E-state index in [1.54, 1.807) is 0 Å². The van der Waals surface area contributed by atoms with Gasteiger partial charge in [-0.3, -0.25) is 4.79 Å². The van der Waals surface area contributed by atoms with Crippen LogP contribution >= 0.6 is 0 Å². The SMILES string of the molecule is C=C1[C@@H]2[C@H](OC(C)=O)C[C@]3(C)[C@H](C[C@@H](O)[C@@H]4[C@@]5(C)CC[C@@H](C(=C)C)[C@@H]5CC[C@]43C)[C@@]2(C)CC[C@@H]1O. The van der Waals surface area contributed by atoms with Gasteiger partial charge < -0.3 is 14.9 Å². The normalized spacial score (nSPS) is 55.3. The molecule has 4 nitrogen and oxygen atoms in total. The summed E-state index contributed by atoms with van der Waals surface area (Å²) in [5.74, 6) is 1.37. The monoisotopic (exact) mass is 484 g/mol. The minimum absolute atomic E-state index is 0.0473. The molecule has 0 spiro atoms. The van der Waals surface area contributed by atoms with Crippen LogP contribution in [0.1, 0.15) is 92.9 Å². The first-order chi connectivity index (χ1) is 16.2. The van der Waals surface area contributed by atoms with Crippen LogP contribution in [0.5, 0.6) is 0 Å². The summed E-state index contributed by atoms with van der Waals surface area (Å²) < 4.78 is 6.09. The number of rotatable bonds is 2. The van der Waals surface area contributed by atoms with E-state index in [4.69, 9.17) is 4.74 Å². The highest BCUT2D eigenvalue weighted by molar-refractivity contribution is 5.66. The first-order valence-corrected chi connectivity index (χ1v) is 14.1. The van der Waals surface area contributed by atoms with Crippen molar-refractivity contribution in [3.05, 3.63) is 24.3 Å². The highest BCUT2D eigenvalue weighted by Gasteiger charge is 2.73. The van der Waals surface area contributed by atoms with Crippen molar-refractivity contribution >= 4 is 5.97 Å². The highest BCUT2D eigenvalue weighted by Crippen LogP contribution is 2.77. The van der Waals surface area contributed by atoms with Gasteiger partial charge in [0.05, 0.1) is 12.2 Å². The Hall–Kier alpha value is -1.13. The van der Waals surface area contributed by atoms with Crippen LogP contribution in [0.3, 0.4) is 0 Å². The van der Waals surface area contributed by atoms with E-state index in [1.165, 1.54) is 25.3 Å². The topological polar surface area (TPSA) is 66.8 Å². The van der Waals surface area contributed by atoms with Crippen molar-refractivity contribution in [2.24, 2.45) is 51.2 Å². The van der Waals surface area contributed by atoms with Gasteiger partial charge in [-0.05, 0) is 109 Å². The van der Waals surface area contributed by atoms with E-state index in [0.29, 0.717) is 24.2 Å². The molecule has 0 aromatic heterocycles. The fourth-order valence-corrected chi connectivity index (χ4v) is 11.4. The Morgan fingerprint density at radius 1 is 0.971 bits per heavy atom. The summed E-state index contributed by atoms with van der Waals surface area (Å²) >= 11 is 0. The third-order valence-corrected chi connectivity index (χ3v) is 12.9. The summed E-state index contributed by atoms with van der Waals surface area (Å²) in [6.45, 7) is 22.1. The van der Waals surface area contributed by atoms with Gasteiger partial charge in [-0.1, -0.05) is 46.4 Å². The number of hydrogen-bond donors (Lipinski definition) is 2. The lowest BCUT2D eigenvalue weighted by Crippen LogP contribution is -2.70. The van der Waals surface area contributed by atoms with Crippen LogP contribution in [0.25, 0.3) is 0 Å². The van der Waals surface area contributed by atoms with Crippen LogP contribution in [0, 0.1) is 51.2 Å². The molecule has 0 aromatic rings. The Kier molecular flexibility index (Phi) is 5.78. The van der Waals surface area contributed by atoms with E-state index in [0.717, 1.165) is 37.7 Å². The van der Waals surface area contributed by atoms with Gasteiger partial charge in [0.2, 0.25) is 0 Å². The molecule has 5 saturated carbocycles. The first-order valence-electron chi connectivity index (χ1n) is 14.1. The van der Waals surface area contributed by atoms with Crippen LogP contribution in [0.15, 0.2) is 24.3 Å². The summed E-state index contributed by atoms with van der Waals surface area (Å²) in [5, 5.41) is 22.8. The number of aliphatic hydroxyl groups excluding tert-OH is 2. The fourth-order valence-electron chi connectivity index (χ4n) is 11.4.